The van der Waals surface area contributed by atoms with E-state index in [0.717, 1.165) is 12.8 Å². The minimum Gasteiger partial charge on any atom is -0.391 e. The number of amides is 2. The van der Waals surface area contributed by atoms with Gasteiger partial charge in [0, 0.05) is 43.8 Å². The van der Waals surface area contributed by atoms with E-state index in [1.807, 2.05) is 23.7 Å². The molecular weight excluding hydrogens is 592 g/mol. The Morgan fingerprint density at radius 1 is 0.979 bits per heavy atom. The molecule has 4 heterocycles. The molecule has 2 amide bonds. The lowest BCUT2D eigenvalue weighted by molar-refractivity contribution is 0.137. The molecule has 3 aromatic heterocycles. The largest absolute Gasteiger partial charge is 0.391 e. The standard InChI is InChI=1S/C35H40N10O2/c1-36-27-17-29(30(46)18-27)45-22-39-31-32(38-20-28(23-9-4-2-5-10-23)24-11-6-3-7-12-24)42-34(43-33(31)45)44-16-14-26(21-44)41-35(47)40-25-13-8-15-37-19-25/h2-13,15,19,22,26-30,36,46H,14,16-18,20-21H2,1H3,(H,38,42,43)(H2,40,41,47)/t26-,27?,29?,30-/m1/s1. The number of carbonyl (C=O) groups excluding carboxylic acids is 1. The SMILES string of the molecule is CNC1CC(n2cnc3c(NCC(c4ccccc4)c4ccccc4)nc(N4CC[C@@H](NC(=O)Nc5cccnc5)C4)nc32)[C@H](O)C1. The molecule has 4 atom stereocenters. The highest BCUT2D eigenvalue weighted by molar-refractivity contribution is 5.89. The van der Waals surface area contributed by atoms with Crippen molar-refractivity contribution in [2.24, 2.45) is 0 Å². The highest BCUT2D eigenvalue weighted by Crippen LogP contribution is 2.35. The van der Waals surface area contributed by atoms with Gasteiger partial charge in [0.1, 0.15) is 0 Å². The molecular formula is C35H40N10O2. The fourth-order valence-corrected chi connectivity index (χ4v) is 6.79. The van der Waals surface area contributed by atoms with Crippen LogP contribution in [0.15, 0.2) is 91.5 Å². The van der Waals surface area contributed by atoms with Crippen LogP contribution in [-0.2, 0) is 0 Å². The lowest BCUT2D eigenvalue weighted by Gasteiger charge is -2.22. The van der Waals surface area contributed by atoms with E-state index in [2.05, 4.69) is 79.7 Å². The molecule has 5 N–H and O–H groups in total. The Morgan fingerprint density at radius 3 is 2.43 bits per heavy atom. The van der Waals surface area contributed by atoms with E-state index in [4.69, 9.17) is 15.0 Å². The molecule has 0 bridgehead atoms. The first kappa shape index (κ1) is 30.6. The summed E-state index contributed by atoms with van der Waals surface area (Å²) in [6.45, 7) is 1.84. The van der Waals surface area contributed by atoms with Crippen LogP contribution in [0.3, 0.4) is 0 Å². The molecule has 2 fully saturated rings. The maximum absolute atomic E-state index is 12.7. The molecule has 1 aliphatic heterocycles. The van der Waals surface area contributed by atoms with Crippen molar-refractivity contribution in [1.82, 2.24) is 35.1 Å². The first-order chi connectivity index (χ1) is 23.1. The maximum atomic E-state index is 12.7. The zero-order valence-corrected chi connectivity index (χ0v) is 26.3. The molecule has 5 aromatic rings. The summed E-state index contributed by atoms with van der Waals surface area (Å²) in [7, 11) is 1.93. The van der Waals surface area contributed by atoms with Crippen LogP contribution in [0.25, 0.3) is 11.2 Å². The molecule has 12 heteroatoms. The third kappa shape index (κ3) is 6.74. The third-order valence-corrected chi connectivity index (χ3v) is 9.27. The molecule has 0 spiro atoms. The second-order valence-corrected chi connectivity index (χ2v) is 12.3. The topological polar surface area (TPSA) is 145 Å². The Hall–Kier alpha value is -5.07. The van der Waals surface area contributed by atoms with Gasteiger partial charge in [-0.3, -0.25) is 4.98 Å². The summed E-state index contributed by atoms with van der Waals surface area (Å²) in [5.41, 5.74) is 4.38. The highest BCUT2D eigenvalue weighted by atomic mass is 16.3. The van der Waals surface area contributed by atoms with Crippen LogP contribution in [0.4, 0.5) is 22.2 Å². The van der Waals surface area contributed by atoms with Gasteiger partial charge >= 0.3 is 6.03 Å². The Labute approximate surface area is 273 Å². The van der Waals surface area contributed by atoms with Gasteiger partial charge in [-0.25, -0.2) is 9.78 Å². The van der Waals surface area contributed by atoms with Gasteiger partial charge in [-0.1, -0.05) is 60.7 Å². The van der Waals surface area contributed by atoms with Crippen molar-refractivity contribution in [3.63, 3.8) is 0 Å². The summed E-state index contributed by atoms with van der Waals surface area (Å²) in [4.78, 5) is 33.7. The number of nitrogens with one attached hydrogen (secondary N) is 4. The Bertz CT molecular complexity index is 1750. The Balaban J connectivity index is 1.17. The number of fused-ring (bicyclic) bond motifs is 1. The van der Waals surface area contributed by atoms with Crippen molar-refractivity contribution >= 4 is 34.6 Å². The fourth-order valence-electron chi connectivity index (χ4n) is 6.79. The normalized spacial score (nSPS) is 21.0. The number of rotatable bonds is 10. The summed E-state index contributed by atoms with van der Waals surface area (Å²) in [6, 6.07) is 24.2. The van der Waals surface area contributed by atoms with E-state index in [-0.39, 0.29) is 30.1 Å². The van der Waals surface area contributed by atoms with Crippen LogP contribution in [0, 0.1) is 0 Å². The predicted octanol–water partition coefficient (Wildman–Crippen LogP) is 4.15. The van der Waals surface area contributed by atoms with Crippen molar-refractivity contribution < 1.29 is 9.90 Å². The van der Waals surface area contributed by atoms with Gasteiger partial charge in [0.25, 0.3) is 0 Å². The fraction of sp³-hybridized carbons (Fsp3) is 0.343. The average molecular weight is 633 g/mol. The molecule has 1 aliphatic carbocycles. The Morgan fingerprint density at radius 2 is 1.74 bits per heavy atom. The van der Waals surface area contributed by atoms with E-state index in [9.17, 15) is 9.90 Å². The van der Waals surface area contributed by atoms with Gasteiger partial charge in [-0.2, -0.15) is 9.97 Å². The van der Waals surface area contributed by atoms with Crippen molar-refractivity contribution in [3.05, 3.63) is 103 Å². The number of imidazole rings is 1. The monoisotopic (exact) mass is 632 g/mol. The molecule has 7 rings (SSSR count). The van der Waals surface area contributed by atoms with Crippen LogP contribution < -0.4 is 26.2 Å². The van der Waals surface area contributed by atoms with E-state index >= 15 is 0 Å². The van der Waals surface area contributed by atoms with Crippen LogP contribution >= 0.6 is 0 Å². The van der Waals surface area contributed by atoms with Crippen LogP contribution in [-0.4, -0.2) is 80.5 Å². The first-order valence-corrected chi connectivity index (χ1v) is 16.2. The number of aromatic nitrogens is 5. The van der Waals surface area contributed by atoms with Crippen LogP contribution in [0.1, 0.15) is 42.3 Å². The van der Waals surface area contributed by atoms with Gasteiger partial charge in [0.2, 0.25) is 5.95 Å². The van der Waals surface area contributed by atoms with E-state index in [1.54, 1.807) is 30.9 Å². The summed E-state index contributed by atoms with van der Waals surface area (Å²) >= 11 is 0. The summed E-state index contributed by atoms with van der Waals surface area (Å²) in [5.74, 6) is 1.29. The summed E-state index contributed by atoms with van der Waals surface area (Å²) < 4.78 is 2.01. The number of hydrogen-bond donors (Lipinski definition) is 5. The molecule has 2 aromatic carbocycles. The van der Waals surface area contributed by atoms with Gasteiger partial charge < -0.3 is 35.8 Å². The van der Waals surface area contributed by atoms with Crippen LogP contribution in [0.2, 0.25) is 0 Å². The minimum atomic E-state index is -0.515. The molecule has 0 radical (unpaired) electrons. The average Bonchev–Trinajstić information content (AvgIpc) is 3.84. The molecule has 1 saturated heterocycles. The second-order valence-electron chi connectivity index (χ2n) is 12.3. The molecule has 242 valence electrons. The lowest BCUT2D eigenvalue weighted by Crippen LogP contribution is -2.40. The molecule has 2 unspecified atom stereocenters. The number of hydrogen-bond acceptors (Lipinski definition) is 9. The number of aliphatic hydroxyl groups excluding tert-OH is 1. The van der Waals surface area contributed by atoms with Crippen molar-refractivity contribution in [1.29, 1.82) is 0 Å². The minimum absolute atomic E-state index is 0.0825. The second kappa shape index (κ2) is 13.7. The van der Waals surface area contributed by atoms with Crippen molar-refractivity contribution in [2.75, 3.05) is 42.2 Å². The van der Waals surface area contributed by atoms with Crippen molar-refractivity contribution in [2.45, 2.75) is 49.4 Å². The molecule has 12 nitrogen and oxygen atoms in total. The van der Waals surface area contributed by atoms with Crippen molar-refractivity contribution in [3.8, 4) is 0 Å². The van der Waals surface area contributed by atoms with E-state index < -0.39 is 6.10 Å². The zero-order chi connectivity index (χ0) is 32.2. The summed E-state index contributed by atoms with van der Waals surface area (Å²) in [5, 5.41) is 23.9. The lowest BCUT2D eigenvalue weighted by atomic mass is 9.91. The molecule has 2 aliphatic rings. The number of urea groups is 1. The zero-order valence-electron chi connectivity index (χ0n) is 26.3. The van der Waals surface area contributed by atoms with E-state index in [0.29, 0.717) is 54.7 Å². The van der Waals surface area contributed by atoms with Gasteiger partial charge in [-0.15, -0.1) is 0 Å². The number of pyridine rings is 1. The number of anilines is 3. The van der Waals surface area contributed by atoms with E-state index in [1.165, 1.54) is 11.1 Å². The van der Waals surface area contributed by atoms with Crippen LogP contribution in [0.5, 0.6) is 0 Å². The summed E-state index contributed by atoms with van der Waals surface area (Å²) in [6.07, 6.45) is 6.74. The third-order valence-electron chi connectivity index (χ3n) is 9.27. The van der Waals surface area contributed by atoms with Gasteiger partial charge in [0.15, 0.2) is 17.0 Å². The number of nitrogens with zero attached hydrogens (tertiary/aromatic N) is 6. The molecule has 47 heavy (non-hydrogen) atoms. The smallest absolute Gasteiger partial charge is 0.319 e. The quantitative estimate of drug-likeness (QED) is 0.153. The predicted molar refractivity (Wildman–Crippen MR) is 183 cm³/mol. The van der Waals surface area contributed by atoms with Gasteiger partial charge in [0.05, 0.1) is 30.4 Å². The maximum Gasteiger partial charge on any atom is 0.319 e. The first-order valence-electron chi connectivity index (χ1n) is 16.2. The molecule has 1 saturated carbocycles. The number of aliphatic hydroxyl groups is 1. The number of carbonyl (C=O) groups is 1. The number of benzene rings is 2. The van der Waals surface area contributed by atoms with Gasteiger partial charge in [-0.05, 0) is 49.6 Å². The highest BCUT2D eigenvalue weighted by Gasteiger charge is 2.35. The Kier molecular flexibility index (Phi) is 8.94.